The van der Waals surface area contributed by atoms with E-state index in [4.69, 9.17) is 0 Å². The minimum Gasteiger partial charge on any atom is -0.481 e. The van der Waals surface area contributed by atoms with Gasteiger partial charge in [0.2, 0.25) is 5.56 Å². The molecule has 1 fully saturated rings. The van der Waals surface area contributed by atoms with Crippen LogP contribution < -0.4 is 5.56 Å². The number of hydrogen-bond acceptors (Lipinski definition) is 5. The minimum absolute atomic E-state index is 0.0182. The van der Waals surface area contributed by atoms with Crippen molar-refractivity contribution in [2.45, 2.75) is 19.8 Å². The Morgan fingerprint density at radius 3 is 2.73 bits per heavy atom. The molecular formula is C17H17N3O6. The van der Waals surface area contributed by atoms with Crippen LogP contribution in [0.25, 0.3) is 10.9 Å². The third kappa shape index (κ3) is 3.03. The van der Waals surface area contributed by atoms with Crippen LogP contribution in [0, 0.1) is 15.5 Å². The number of nitrogens with zero attached hydrogens (tertiary/aromatic N) is 2. The van der Waals surface area contributed by atoms with Crippen LogP contribution in [0.4, 0.5) is 5.69 Å². The zero-order valence-electron chi connectivity index (χ0n) is 14.0. The molecule has 0 spiro atoms. The molecule has 1 saturated heterocycles. The number of carboxylic acid groups (broad SMARTS) is 1. The monoisotopic (exact) mass is 359 g/mol. The van der Waals surface area contributed by atoms with Crippen molar-refractivity contribution in [2.75, 3.05) is 13.1 Å². The van der Waals surface area contributed by atoms with Gasteiger partial charge in [-0.05, 0) is 25.8 Å². The largest absolute Gasteiger partial charge is 0.481 e. The smallest absolute Gasteiger partial charge is 0.311 e. The van der Waals surface area contributed by atoms with Crippen LogP contribution in [0.2, 0.25) is 0 Å². The minimum atomic E-state index is -1.06. The number of carboxylic acids is 1. The highest BCUT2D eigenvalue weighted by Crippen LogP contribution is 2.31. The summed E-state index contributed by atoms with van der Waals surface area (Å²) in [6, 6.07) is 4.96. The van der Waals surface area contributed by atoms with Gasteiger partial charge in [0.15, 0.2) is 0 Å². The maximum absolute atomic E-state index is 13.0. The number of H-pyrrole nitrogens is 1. The van der Waals surface area contributed by atoms with Gasteiger partial charge in [-0.1, -0.05) is 0 Å². The van der Waals surface area contributed by atoms with Gasteiger partial charge in [0.25, 0.3) is 11.6 Å². The predicted molar refractivity (Wildman–Crippen MR) is 92.1 cm³/mol. The average molecular weight is 359 g/mol. The Labute approximate surface area is 147 Å². The fraction of sp³-hybridized carbons (Fsp3) is 0.353. The normalized spacial score (nSPS) is 20.1. The van der Waals surface area contributed by atoms with Crippen LogP contribution in [0.3, 0.4) is 0 Å². The van der Waals surface area contributed by atoms with Crippen molar-refractivity contribution in [3.63, 3.8) is 0 Å². The van der Waals surface area contributed by atoms with E-state index in [1.54, 1.807) is 6.92 Å². The molecule has 1 amide bonds. The highest BCUT2D eigenvalue weighted by Gasteiger charge is 2.39. The molecular weight excluding hydrogens is 342 g/mol. The summed E-state index contributed by atoms with van der Waals surface area (Å²) in [7, 11) is 0. The maximum Gasteiger partial charge on any atom is 0.311 e. The Morgan fingerprint density at radius 1 is 1.35 bits per heavy atom. The van der Waals surface area contributed by atoms with Crippen molar-refractivity contribution in [3.8, 4) is 0 Å². The second-order valence-electron chi connectivity index (χ2n) is 6.73. The van der Waals surface area contributed by atoms with Crippen LogP contribution in [-0.2, 0) is 4.79 Å². The molecule has 1 unspecified atom stereocenters. The number of piperidine rings is 1. The summed E-state index contributed by atoms with van der Waals surface area (Å²) in [5, 5.41) is 20.7. The zero-order chi connectivity index (χ0) is 19.1. The molecule has 0 radical (unpaired) electrons. The van der Waals surface area contributed by atoms with E-state index in [2.05, 4.69) is 4.98 Å². The van der Waals surface area contributed by atoms with Crippen molar-refractivity contribution in [2.24, 2.45) is 5.41 Å². The molecule has 1 aliphatic rings. The Hall–Kier alpha value is -3.23. The highest BCUT2D eigenvalue weighted by molar-refractivity contribution is 6.06. The summed E-state index contributed by atoms with van der Waals surface area (Å²) in [5.74, 6) is -1.49. The molecule has 1 atom stereocenters. The second-order valence-corrected chi connectivity index (χ2v) is 6.73. The SMILES string of the molecule is CC1(C(=O)O)CCCN(C(=O)c2cc(=O)[nH]c3ccc([N+](=O)[O-])cc23)C1. The molecule has 9 heteroatoms. The van der Waals surface area contributed by atoms with E-state index in [1.807, 2.05) is 0 Å². The number of nitrogens with one attached hydrogen (secondary N) is 1. The summed E-state index contributed by atoms with van der Waals surface area (Å²) in [6.45, 7) is 1.96. The number of carbonyl (C=O) groups is 2. The molecule has 2 heterocycles. The van der Waals surface area contributed by atoms with Crippen molar-refractivity contribution in [3.05, 3.63) is 50.3 Å². The molecule has 0 bridgehead atoms. The third-order valence-electron chi connectivity index (χ3n) is 4.77. The topological polar surface area (TPSA) is 134 Å². The number of aromatic amines is 1. The van der Waals surface area contributed by atoms with E-state index in [-0.39, 0.29) is 23.2 Å². The molecule has 26 heavy (non-hydrogen) atoms. The molecule has 1 aromatic carbocycles. The van der Waals surface area contributed by atoms with Gasteiger partial charge >= 0.3 is 5.97 Å². The van der Waals surface area contributed by atoms with E-state index < -0.39 is 27.8 Å². The fourth-order valence-electron chi connectivity index (χ4n) is 3.29. The number of amides is 1. The van der Waals surface area contributed by atoms with E-state index >= 15 is 0 Å². The average Bonchev–Trinajstić information content (AvgIpc) is 2.59. The first-order chi connectivity index (χ1) is 12.2. The molecule has 2 N–H and O–H groups in total. The molecule has 1 aromatic heterocycles. The van der Waals surface area contributed by atoms with E-state index in [0.29, 0.717) is 24.9 Å². The van der Waals surface area contributed by atoms with Gasteiger partial charge in [0.05, 0.1) is 15.9 Å². The number of benzene rings is 1. The standard InChI is InChI=1S/C17H17N3O6/c1-17(16(23)24)5-2-6-19(9-17)15(22)12-8-14(21)18-13-4-3-10(20(25)26)7-11(12)13/h3-4,7-8H,2,5-6,9H2,1H3,(H,18,21)(H,23,24). The molecule has 0 aliphatic carbocycles. The maximum atomic E-state index is 13.0. The molecule has 2 aromatic rings. The van der Waals surface area contributed by atoms with Gasteiger partial charge in [-0.2, -0.15) is 0 Å². The number of aromatic nitrogens is 1. The van der Waals surface area contributed by atoms with Crippen molar-refractivity contribution in [1.82, 2.24) is 9.88 Å². The first kappa shape index (κ1) is 17.6. The van der Waals surface area contributed by atoms with Crippen molar-refractivity contribution in [1.29, 1.82) is 0 Å². The van der Waals surface area contributed by atoms with E-state index in [0.717, 1.165) is 6.07 Å². The summed E-state index contributed by atoms with van der Waals surface area (Å²) < 4.78 is 0. The fourth-order valence-corrected chi connectivity index (χ4v) is 3.29. The Balaban J connectivity index is 2.07. The number of likely N-dealkylation sites (tertiary alicyclic amines) is 1. The number of carbonyl (C=O) groups excluding carboxylic acids is 1. The first-order valence-corrected chi connectivity index (χ1v) is 8.05. The highest BCUT2D eigenvalue weighted by atomic mass is 16.6. The van der Waals surface area contributed by atoms with Gasteiger partial charge < -0.3 is 15.0 Å². The molecule has 136 valence electrons. The number of non-ortho nitro benzene ring substituents is 1. The number of nitro benzene ring substituents is 1. The lowest BCUT2D eigenvalue weighted by Crippen LogP contribution is -2.48. The van der Waals surface area contributed by atoms with E-state index in [1.165, 1.54) is 23.1 Å². The van der Waals surface area contributed by atoms with Crippen LogP contribution in [0.5, 0.6) is 0 Å². The molecule has 3 rings (SSSR count). The van der Waals surface area contributed by atoms with Crippen molar-refractivity contribution < 1.29 is 19.6 Å². The summed E-state index contributed by atoms with van der Waals surface area (Å²) in [5.41, 5.74) is -1.43. The lowest BCUT2D eigenvalue weighted by Gasteiger charge is -2.37. The van der Waals surface area contributed by atoms with Crippen LogP contribution in [0.1, 0.15) is 30.1 Å². The van der Waals surface area contributed by atoms with Gasteiger partial charge in [-0.3, -0.25) is 24.5 Å². The number of pyridine rings is 1. The van der Waals surface area contributed by atoms with Crippen LogP contribution in [0.15, 0.2) is 29.1 Å². The predicted octanol–water partition coefficient (Wildman–Crippen LogP) is 1.76. The Bertz CT molecular complexity index is 982. The lowest BCUT2D eigenvalue weighted by atomic mass is 9.82. The Kier molecular flexibility index (Phi) is 4.23. The lowest BCUT2D eigenvalue weighted by molar-refractivity contribution is -0.384. The number of aliphatic carboxylic acids is 1. The Morgan fingerprint density at radius 2 is 2.08 bits per heavy atom. The van der Waals surface area contributed by atoms with Gasteiger partial charge in [-0.25, -0.2) is 0 Å². The van der Waals surface area contributed by atoms with Gasteiger partial charge in [0.1, 0.15) is 0 Å². The second kappa shape index (κ2) is 6.25. The third-order valence-corrected chi connectivity index (χ3v) is 4.77. The molecule has 9 nitrogen and oxygen atoms in total. The molecule has 1 aliphatic heterocycles. The quantitative estimate of drug-likeness (QED) is 0.633. The van der Waals surface area contributed by atoms with Crippen molar-refractivity contribution >= 4 is 28.5 Å². The first-order valence-electron chi connectivity index (χ1n) is 8.05. The van der Waals surface area contributed by atoms with Crippen LogP contribution in [-0.4, -0.2) is 44.9 Å². The summed E-state index contributed by atoms with van der Waals surface area (Å²) in [4.78, 5) is 50.7. The summed E-state index contributed by atoms with van der Waals surface area (Å²) in [6.07, 6.45) is 0.976. The summed E-state index contributed by atoms with van der Waals surface area (Å²) >= 11 is 0. The number of rotatable bonds is 3. The number of fused-ring (bicyclic) bond motifs is 1. The number of hydrogen-bond donors (Lipinski definition) is 2. The van der Waals surface area contributed by atoms with Crippen LogP contribution >= 0.6 is 0 Å². The van der Waals surface area contributed by atoms with Gasteiger partial charge in [-0.15, -0.1) is 0 Å². The van der Waals surface area contributed by atoms with E-state index in [9.17, 15) is 29.6 Å². The zero-order valence-corrected chi connectivity index (χ0v) is 14.0. The molecule has 0 saturated carbocycles. The number of nitro groups is 1. The van der Waals surface area contributed by atoms with Gasteiger partial charge in [0, 0.05) is 42.2 Å².